The second-order valence-corrected chi connectivity index (χ2v) is 13.6. The maximum Gasteiger partial charge on any atom is 0.264 e. The quantitative estimate of drug-likeness (QED) is 0.242. The third-order valence-corrected chi connectivity index (χ3v) is 10.2. The van der Waals surface area contributed by atoms with Gasteiger partial charge in [-0.05, 0) is 68.7 Å². The highest BCUT2D eigenvalue weighted by atomic mass is 35.5. The van der Waals surface area contributed by atoms with Gasteiger partial charge in [0.25, 0.3) is 10.0 Å². The summed E-state index contributed by atoms with van der Waals surface area (Å²) in [5.41, 5.74) is 1.58. The van der Waals surface area contributed by atoms with E-state index in [2.05, 4.69) is 5.32 Å². The van der Waals surface area contributed by atoms with Crippen LogP contribution in [0.1, 0.15) is 50.2 Å². The van der Waals surface area contributed by atoms with Crippen LogP contribution in [0, 0.1) is 6.92 Å². The van der Waals surface area contributed by atoms with Crippen molar-refractivity contribution in [2.75, 3.05) is 10.8 Å². The van der Waals surface area contributed by atoms with Crippen LogP contribution in [0.3, 0.4) is 0 Å². The first-order valence-corrected chi connectivity index (χ1v) is 16.5. The minimum atomic E-state index is -4.20. The lowest BCUT2D eigenvalue weighted by Crippen LogP contribution is -2.53. The van der Waals surface area contributed by atoms with Crippen molar-refractivity contribution in [3.8, 4) is 0 Å². The maximum absolute atomic E-state index is 14.2. The Morgan fingerprint density at radius 1 is 0.952 bits per heavy atom. The fourth-order valence-corrected chi connectivity index (χ4v) is 7.25. The Bertz CT molecular complexity index is 1510. The van der Waals surface area contributed by atoms with E-state index in [1.54, 1.807) is 48.5 Å². The predicted molar refractivity (Wildman–Crippen MR) is 169 cm³/mol. The summed E-state index contributed by atoms with van der Waals surface area (Å²) in [6.07, 6.45) is 4.12. The van der Waals surface area contributed by atoms with E-state index in [4.69, 9.17) is 34.8 Å². The highest BCUT2D eigenvalue weighted by Gasteiger charge is 2.35. The molecule has 7 nitrogen and oxygen atoms in total. The van der Waals surface area contributed by atoms with Gasteiger partial charge in [0, 0.05) is 33.2 Å². The summed E-state index contributed by atoms with van der Waals surface area (Å²) in [4.78, 5) is 29.2. The Hall–Kier alpha value is -2.78. The molecule has 0 saturated heterocycles. The van der Waals surface area contributed by atoms with Gasteiger partial charge in [0.1, 0.15) is 12.6 Å². The van der Waals surface area contributed by atoms with Gasteiger partial charge < -0.3 is 10.2 Å². The summed E-state index contributed by atoms with van der Waals surface area (Å²) in [5.74, 6) is -0.883. The van der Waals surface area contributed by atoms with E-state index >= 15 is 0 Å². The van der Waals surface area contributed by atoms with E-state index in [1.165, 1.54) is 23.1 Å². The van der Waals surface area contributed by atoms with E-state index in [-0.39, 0.29) is 29.1 Å². The lowest BCUT2D eigenvalue weighted by Gasteiger charge is -2.34. The molecule has 4 rings (SSSR count). The highest BCUT2D eigenvalue weighted by Crippen LogP contribution is 2.30. The van der Waals surface area contributed by atoms with Crippen molar-refractivity contribution in [3.05, 3.63) is 92.9 Å². The number of nitrogens with one attached hydrogen (secondary N) is 1. The predicted octanol–water partition coefficient (Wildman–Crippen LogP) is 7.02. The molecule has 0 heterocycles. The first-order valence-electron chi connectivity index (χ1n) is 13.9. The van der Waals surface area contributed by atoms with Crippen molar-refractivity contribution < 1.29 is 18.0 Å². The summed E-state index contributed by atoms with van der Waals surface area (Å²) in [7, 11) is -4.20. The van der Waals surface area contributed by atoms with Crippen molar-refractivity contribution in [1.82, 2.24) is 10.2 Å². The van der Waals surface area contributed by atoms with Crippen molar-refractivity contribution >= 4 is 62.3 Å². The molecule has 0 aromatic heterocycles. The van der Waals surface area contributed by atoms with Crippen LogP contribution in [0.5, 0.6) is 0 Å². The Morgan fingerprint density at radius 2 is 1.57 bits per heavy atom. The number of amides is 2. The largest absolute Gasteiger partial charge is 0.352 e. The zero-order chi connectivity index (χ0) is 30.4. The van der Waals surface area contributed by atoms with Gasteiger partial charge in [-0.3, -0.25) is 13.9 Å². The van der Waals surface area contributed by atoms with Crippen LogP contribution < -0.4 is 9.62 Å². The molecule has 0 bridgehead atoms. The normalized spacial score (nSPS) is 14.4. The molecule has 1 atom stereocenters. The van der Waals surface area contributed by atoms with Crippen molar-refractivity contribution in [2.24, 2.45) is 0 Å². The topological polar surface area (TPSA) is 86.8 Å². The van der Waals surface area contributed by atoms with Gasteiger partial charge in [-0.25, -0.2) is 8.42 Å². The van der Waals surface area contributed by atoms with Gasteiger partial charge in [-0.1, -0.05) is 84.4 Å². The molecule has 0 aliphatic heterocycles. The minimum Gasteiger partial charge on any atom is -0.352 e. The summed E-state index contributed by atoms with van der Waals surface area (Å²) in [6.45, 7) is 3.01. The summed E-state index contributed by atoms with van der Waals surface area (Å²) < 4.78 is 29.0. The summed E-state index contributed by atoms with van der Waals surface area (Å²) in [5, 5.41) is 4.07. The molecular formula is C31H34Cl3N3O4S. The fraction of sp³-hybridized carbons (Fsp3) is 0.355. The summed E-state index contributed by atoms with van der Waals surface area (Å²) in [6, 6.07) is 16.8. The lowest BCUT2D eigenvalue weighted by atomic mass is 10.1. The molecule has 11 heteroatoms. The molecule has 1 aliphatic carbocycles. The Labute approximate surface area is 262 Å². The molecule has 0 unspecified atom stereocenters. The van der Waals surface area contributed by atoms with E-state index in [1.807, 2.05) is 13.8 Å². The van der Waals surface area contributed by atoms with Crippen LogP contribution in [-0.4, -0.2) is 43.8 Å². The average Bonchev–Trinajstić information content (AvgIpc) is 3.46. The van der Waals surface area contributed by atoms with Gasteiger partial charge in [-0.15, -0.1) is 0 Å². The molecule has 1 saturated carbocycles. The van der Waals surface area contributed by atoms with Crippen LogP contribution in [0.15, 0.2) is 71.6 Å². The SMILES string of the molecule is CC[C@@H](C(=O)NC1CCCC1)N(Cc1c(Cl)cccc1Cl)C(=O)CN(c1cccc(Cl)c1)S(=O)(=O)c1ccc(C)cc1. The van der Waals surface area contributed by atoms with Crippen LogP contribution in [0.2, 0.25) is 15.1 Å². The van der Waals surface area contributed by atoms with Gasteiger partial charge in [0.05, 0.1) is 10.6 Å². The Balaban J connectivity index is 1.75. The number of nitrogens with zero attached hydrogens (tertiary/aromatic N) is 2. The Morgan fingerprint density at radius 3 is 2.17 bits per heavy atom. The van der Waals surface area contributed by atoms with Crippen LogP contribution in [0.25, 0.3) is 0 Å². The van der Waals surface area contributed by atoms with Crippen LogP contribution in [0.4, 0.5) is 5.69 Å². The number of sulfonamides is 1. The van der Waals surface area contributed by atoms with E-state index in [9.17, 15) is 18.0 Å². The highest BCUT2D eigenvalue weighted by molar-refractivity contribution is 7.92. The molecular weight excluding hydrogens is 617 g/mol. The fourth-order valence-electron chi connectivity index (χ4n) is 5.14. The number of aryl methyl sites for hydroxylation is 1. The van der Waals surface area contributed by atoms with E-state index in [0.29, 0.717) is 27.1 Å². The lowest BCUT2D eigenvalue weighted by molar-refractivity contribution is -0.140. The van der Waals surface area contributed by atoms with Crippen LogP contribution in [-0.2, 0) is 26.2 Å². The van der Waals surface area contributed by atoms with Crippen molar-refractivity contribution in [3.63, 3.8) is 0 Å². The standard InChI is InChI=1S/C31H34Cl3N3O4S/c1-3-29(31(39)35-23-9-4-5-10-23)36(19-26-27(33)12-7-13-28(26)34)30(38)20-37(24-11-6-8-22(32)18-24)42(40,41)25-16-14-21(2)15-17-25/h6-8,11-18,23,29H,3-5,9-10,19-20H2,1-2H3,(H,35,39)/t29-/m0/s1. The Kier molecular flexibility index (Phi) is 10.8. The maximum atomic E-state index is 14.2. The summed E-state index contributed by atoms with van der Waals surface area (Å²) >= 11 is 19.2. The van der Waals surface area contributed by atoms with Gasteiger partial charge in [0.15, 0.2) is 0 Å². The first kappa shape index (κ1) is 32.1. The van der Waals surface area contributed by atoms with E-state index < -0.39 is 28.5 Å². The molecule has 224 valence electrons. The smallest absolute Gasteiger partial charge is 0.264 e. The van der Waals surface area contributed by atoms with Gasteiger partial charge in [-0.2, -0.15) is 0 Å². The molecule has 3 aromatic rings. The molecule has 0 spiro atoms. The van der Waals surface area contributed by atoms with Gasteiger partial charge >= 0.3 is 0 Å². The number of carbonyl (C=O) groups is 2. The number of hydrogen-bond acceptors (Lipinski definition) is 4. The molecule has 1 aliphatic rings. The second kappa shape index (κ2) is 14.1. The number of benzene rings is 3. The van der Waals surface area contributed by atoms with Crippen molar-refractivity contribution in [2.45, 2.75) is 69.5 Å². The number of anilines is 1. The number of rotatable bonds is 11. The molecule has 2 amide bonds. The average molecular weight is 651 g/mol. The molecule has 1 fully saturated rings. The van der Waals surface area contributed by atoms with Gasteiger partial charge in [0.2, 0.25) is 11.8 Å². The zero-order valence-electron chi connectivity index (χ0n) is 23.5. The third kappa shape index (κ3) is 7.59. The van der Waals surface area contributed by atoms with Crippen LogP contribution >= 0.6 is 34.8 Å². The second-order valence-electron chi connectivity index (χ2n) is 10.4. The number of hydrogen-bond donors (Lipinski definition) is 1. The third-order valence-electron chi connectivity index (χ3n) is 7.46. The number of carbonyl (C=O) groups excluding carboxylic acids is 2. The molecule has 42 heavy (non-hydrogen) atoms. The minimum absolute atomic E-state index is 0.0209. The monoisotopic (exact) mass is 649 g/mol. The first-order chi connectivity index (χ1) is 20.0. The zero-order valence-corrected chi connectivity index (χ0v) is 26.6. The van der Waals surface area contributed by atoms with Crippen molar-refractivity contribution in [1.29, 1.82) is 0 Å². The molecule has 1 N–H and O–H groups in total. The van der Waals surface area contributed by atoms with E-state index in [0.717, 1.165) is 35.6 Å². The molecule has 0 radical (unpaired) electrons. The molecule has 3 aromatic carbocycles. The number of halogens is 3.